The van der Waals surface area contributed by atoms with E-state index in [4.69, 9.17) is 0 Å². The normalized spacial score (nSPS) is 11.9. The first kappa shape index (κ1) is 20.2. The summed E-state index contributed by atoms with van der Waals surface area (Å²) in [5, 5.41) is 5.80. The minimum absolute atomic E-state index is 0.172. The van der Waals surface area contributed by atoms with Gasteiger partial charge < -0.3 is 0 Å². The van der Waals surface area contributed by atoms with Gasteiger partial charge >= 0.3 is 0 Å². The van der Waals surface area contributed by atoms with Gasteiger partial charge in [-0.25, -0.2) is 13.8 Å². The second kappa shape index (κ2) is 8.68. The summed E-state index contributed by atoms with van der Waals surface area (Å²) in [5.41, 5.74) is 4.29. The van der Waals surface area contributed by atoms with Crippen molar-refractivity contribution in [2.75, 3.05) is 4.72 Å². The van der Waals surface area contributed by atoms with E-state index in [2.05, 4.69) is 31.2 Å². The standard InChI is InChI=1S/C19H16BrN3O3S2/c1-13(14-7-2-4-9-16(14)20)21-22-19(24)15-8-3-5-10-17(15)23-28(25,26)18-11-6-12-27-18/h2-12,23H,1H3,(H,22,24). The molecule has 0 fully saturated rings. The Morgan fingerprint density at radius 2 is 1.68 bits per heavy atom. The summed E-state index contributed by atoms with van der Waals surface area (Å²) in [7, 11) is -3.76. The van der Waals surface area contributed by atoms with E-state index in [-0.39, 0.29) is 15.5 Å². The highest BCUT2D eigenvalue weighted by Gasteiger charge is 2.19. The maximum absolute atomic E-state index is 12.6. The number of benzene rings is 2. The fraction of sp³-hybridized carbons (Fsp3) is 0.0526. The number of para-hydroxylation sites is 1. The van der Waals surface area contributed by atoms with Crippen LogP contribution in [0, 0.1) is 0 Å². The molecular weight excluding hydrogens is 462 g/mol. The van der Waals surface area contributed by atoms with Crippen LogP contribution in [-0.4, -0.2) is 20.0 Å². The van der Waals surface area contributed by atoms with Gasteiger partial charge in [0.05, 0.1) is 17.0 Å². The molecule has 3 rings (SSSR count). The van der Waals surface area contributed by atoms with Gasteiger partial charge in [-0.3, -0.25) is 9.52 Å². The van der Waals surface area contributed by atoms with E-state index in [0.717, 1.165) is 21.4 Å². The smallest absolute Gasteiger partial charge is 0.273 e. The number of nitrogens with one attached hydrogen (secondary N) is 2. The molecule has 1 heterocycles. The van der Waals surface area contributed by atoms with Crippen LogP contribution in [0.25, 0.3) is 0 Å². The van der Waals surface area contributed by atoms with Gasteiger partial charge in [0.2, 0.25) is 0 Å². The Morgan fingerprint density at radius 3 is 2.36 bits per heavy atom. The van der Waals surface area contributed by atoms with E-state index in [1.807, 2.05) is 24.3 Å². The molecule has 0 saturated carbocycles. The zero-order valence-electron chi connectivity index (χ0n) is 14.7. The molecule has 0 unspecified atom stereocenters. The van der Waals surface area contributed by atoms with Crippen molar-refractivity contribution < 1.29 is 13.2 Å². The molecule has 144 valence electrons. The Labute approximate surface area is 175 Å². The summed E-state index contributed by atoms with van der Waals surface area (Å²) in [5.74, 6) is -0.518. The zero-order chi connectivity index (χ0) is 20.1. The predicted molar refractivity (Wildman–Crippen MR) is 115 cm³/mol. The second-order valence-electron chi connectivity index (χ2n) is 5.70. The summed E-state index contributed by atoms with van der Waals surface area (Å²) in [4.78, 5) is 12.6. The lowest BCUT2D eigenvalue weighted by atomic mass is 10.1. The molecular formula is C19H16BrN3O3S2. The number of halogens is 1. The molecule has 2 aromatic carbocycles. The van der Waals surface area contributed by atoms with Crippen LogP contribution in [0.4, 0.5) is 5.69 Å². The number of nitrogens with zero attached hydrogens (tertiary/aromatic N) is 1. The van der Waals surface area contributed by atoms with E-state index in [0.29, 0.717) is 5.71 Å². The van der Waals surface area contributed by atoms with Crippen molar-refractivity contribution in [3.05, 3.63) is 81.6 Å². The average Bonchev–Trinajstić information content (AvgIpc) is 3.22. The lowest BCUT2D eigenvalue weighted by molar-refractivity contribution is 0.0955. The van der Waals surface area contributed by atoms with E-state index < -0.39 is 15.9 Å². The van der Waals surface area contributed by atoms with Crippen LogP contribution >= 0.6 is 27.3 Å². The molecule has 0 bridgehead atoms. The number of hydrazone groups is 1. The number of amides is 1. The highest BCUT2D eigenvalue weighted by atomic mass is 79.9. The lowest BCUT2D eigenvalue weighted by Crippen LogP contribution is -2.22. The third kappa shape index (κ3) is 4.67. The predicted octanol–water partition coefficient (Wildman–Crippen LogP) is 4.47. The first-order valence-electron chi connectivity index (χ1n) is 8.13. The quantitative estimate of drug-likeness (QED) is 0.405. The number of carbonyl (C=O) groups excluding carboxylic acids is 1. The lowest BCUT2D eigenvalue weighted by Gasteiger charge is -2.11. The van der Waals surface area contributed by atoms with E-state index in [1.54, 1.807) is 30.5 Å². The van der Waals surface area contributed by atoms with Crippen molar-refractivity contribution in [2.24, 2.45) is 5.10 Å². The van der Waals surface area contributed by atoms with Crippen LogP contribution in [0.2, 0.25) is 0 Å². The summed E-state index contributed by atoms with van der Waals surface area (Å²) >= 11 is 4.54. The highest BCUT2D eigenvalue weighted by molar-refractivity contribution is 9.10. The maximum atomic E-state index is 12.6. The van der Waals surface area contributed by atoms with Crippen LogP contribution in [0.3, 0.4) is 0 Å². The molecule has 0 aliphatic heterocycles. The molecule has 0 radical (unpaired) electrons. The van der Waals surface area contributed by atoms with Gasteiger partial charge in [-0.1, -0.05) is 52.3 Å². The third-order valence-corrected chi connectivity index (χ3v) is 7.22. The molecule has 28 heavy (non-hydrogen) atoms. The number of thiophene rings is 1. The summed E-state index contributed by atoms with van der Waals surface area (Å²) in [6.45, 7) is 1.77. The van der Waals surface area contributed by atoms with Gasteiger partial charge in [0.25, 0.3) is 15.9 Å². The maximum Gasteiger partial charge on any atom is 0.273 e. The van der Waals surface area contributed by atoms with Crippen LogP contribution in [-0.2, 0) is 10.0 Å². The number of anilines is 1. The van der Waals surface area contributed by atoms with Crippen molar-refractivity contribution in [3.63, 3.8) is 0 Å². The molecule has 0 aliphatic carbocycles. The van der Waals surface area contributed by atoms with E-state index >= 15 is 0 Å². The minimum atomic E-state index is -3.76. The first-order valence-corrected chi connectivity index (χ1v) is 11.3. The van der Waals surface area contributed by atoms with Gasteiger partial charge in [0.1, 0.15) is 4.21 Å². The Hall–Kier alpha value is -2.49. The Balaban J connectivity index is 1.82. The zero-order valence-corrected chi connectivity index (χ0v) is 17.9. The number of hydrogen-bond acceptors (Lipinski definition) is 5. The monoisotopic (exact) mass is 477 g/mol. The van der Waals surface area contributed by atoms with Gasteiger partial charge in [0, 0.05) is 10.0 Å². The van der Waals surface area contributed by atoms with Gasteiger partial charge in [-0.2, -0.15) is 5.10 Å². The molecule has 0 saturated heterocycles. The minimum Gasteiger partial charge on any atom is -0.278 e. The Morgan fingerprint density at radius 1 is 1.00 bits per heavy atom. The molecule has 0 aliphatic rings. The van der Waals surface area contributed by atoms with Crippen molar-refractivity contribution in [3.8, 4) is 0 Å². The summed E-state index contributed by atoms with van der Waals surface area (Å²) in [6.07, 6.45) is 0. The fourth-order valence-electron chi connectivity index (χ4n) is 2.39. The van der Waals surface area contributed by atoms with E-state index in [1.165, 1.54) is 18.2 Å². The third-order valence-electron chi connectivity index (χ3n) is 3.76. The molecule has 3 aromatic rings. The summed E-state index contributed by atoms with van der Waals surface area (Å²) in [6, 6.07) is 17.0. The molecule has 0 atom stereocenters. The van der Waals surface area contributed by atoms with Crippen LogP contribution in [0.15, 0.2) is 79.8 Å². The molecule has 2 N–H and O–H groups in total. The van der Waals surface area contributed by atoms with Crippen molar-refractivity contribution in [1.82, 2.24) is 5.43 Å². The van der Waals surface area contributed by atoms with Crippen LogP contribution < -0.4 is 10.1 Å². The Kier molecular flexibility index (Phi) is 6.28. The number of carbonyl (C=O) groups is 1. The van der Waals surface area contributed by atoms with Crippen LogP contribution in [0.1, 0.15) is 22.8 Å². The van der Waals surface area contributed by atoms with Crippen molar-refractivity contribution >= 4 is 54.6 Å². The number of hydrogen-bond donors (Lipinski definition) is 2. The largest absolute Gasteiger partial charge is 0.278 e. The molecule has 0 spiro atoms. The molecule has 9 heteroatoms. The summed E-state index contributed by atoms with van der Waals surface area (Å²) < 4.78 is 28.4. The fourth-order valence-corrected chi connectivity index (χ4v) is 5.04. The number of rotatable bonds is 6. The highest BCUT2D eigenvalue weighted by Crippen LogP contribution is 2.23. The average molecular weight is 478 g/mol. The first-order chi connectivity index (χ1) is 13.4. The van der Waals surface area contributed by atoms with Gasteiger partial charge in [0.15, 0.2) is 0 Å². The van der Waals surface area contributed by atoms with Crippen molar-refractivity contribution in [1.29, 1.82) is 0 Å². The topological polar surface area (TPSA) is 87.6 Å². The molecule has 1 amide bonds. The molecule has 1 aromatic heterocycles. The van der Waals surface area contributed by atoms with E-state index in [9.17, 15) is 13.2 Å². The van der Waals surface area contributed by atoms with Crippen molar-refractivity contribution in [2.45, 2.75) is 11.1 Å². The number of sulfonamides is 1. The second-order valence-corrected chi connectivity index (χ2v) is 9.41. The van der Waals surface area contributed by atoms with Crippen LogP contribution in [0.5, 0.6) is 0 Å². The van der Waals surface area contributed by atoms with Gasteiger partial charge in [-0.15, -0.1) is 11.3 Å². The molecule has 6 nitrogen and oxygen atoms in total. The SMILES string of the molecule is CC(=NNC(=O)c1ccccc1NS(=O)(=O)c1cccs1)c1ccccc1Br. The van der Waals surface area contributed by atoms with Gasteiger partial charge in [-0.05, 0) is 36.6 Å². The Bertz CT molecular complexity index is 1130.